The topological polar surface area (TPSA) is 104 Å². The van der Waals surface area contributed by atoms with Crippen LogP contribution in [0.1, 0.15) is 21.9 Å². The summed E-state index contributed by atoms with van der Waals surface area (Å²) in [5, 5.41) is 14.6. The van der Waals surface area contributed by atoms with Crippen molar-refractivity contribution >= 4 is 40.5 Å². The van der Waals surface area contributed by atoms with Crippen LogP contribution in [-0.4, -0.2) is 10.8 Å². The quantitative estimate of drug-likeness (QED) is 0.194. The van der Waals surface area contributed by atoms with Crippen molar-refractivity contribution in [3.8, 4) is 17.2 Å². The van der Waals surface area contributed by atoms with Crippen molar-refractivity contribution < 1.29 is 23.6 Å². The van der Waals surface area contributed by atoms with Crippen LogP contribution in [0.15, 0.2) is 77.2 Å². The fourth-order valence-electron chi connectivity index (χ4n) is 3.08. The van der Waals surface area contributed by atoms with Crippen LogP contribution in [-0.2, 0) is 6.61 Å². The Bertz CT molecular complexity index is 1390. The van der Waals surface area contributed by atoms with Gasteiger partial charge in [0.25, 0.3) is 11.6 Å². The molecule has 0 saturated heterocycles. The van der Waals surface area contributed by atoms with Crippen molar-refractivity contribution in [1.29, 1.82) is 0 Å². The highest BCUT2D eigenvalue weighted by Crippen LogP contribution is 2.32. The molecule has 35 heavy (non-hydrogen) atoms. The summed E-state index contributed by atoms with van der Waals surface area (Å²) in [5.41, 5.74) is 0.978. The lowest BCUT2D eigenvalue weighted by molar-refractivity contribution is -0.384. The lowest BCUT2D eigenvalue weighted by Crippen LogP contribution is -2.11. The second kappa shape index (κ2) is 10.5. The number of hydrogen-bond acceptors (Lipinski definition) is 6. The van der Waals surface area contributed by atoms with Gasteiger partial charge in [0.2, 0.25) is 0 Å². The van der Waals surface area contributed by atoms with E-state index in [-0.39, 0.29) is 34.5 Å². The van der Waals surface area contributed by atoms with E-state index in [1.54, 1.807) is 36.4 Å². The minimum absolute atomic E-state index is 0.00620. The average Bonchev–Trinajstić information content (AvgIpc) is 3.31. The number of nitrogens with one attached hydrogen (secondary N) is 1. The monoisotopic (exact) mass is 512 g/mol. The lowest BCUT2D eigenvalue weighted by atomic mass is 10.2. The summed E-state index contributed by atoms with van der Waals surface area (Å²) in [6, 6.07) is 19.2. The molecule has 0 atom stereocenters. The van der Waals surface area contributed by atoms with Gasteiger partial charge in [-0.15, -0.1) is 0 Å². The van der Waals surface area contributed by atoms with Gasteiger partial charge in [-0.2, -0.15) is 0 Å². The van der Waals surface area contributed by atoms with Gasteiger partial charge in [-0.3, -0.25) is 14.9 Å². The summed E-state index contributed by atoms with van der Waals surface area (Å²) in [7, 11) is 0. The number of aryl methyl sites for hydroxylation is 1. The van der Waals surface area contributed by atoms with Gasteiger partial charge in [-0.1, -0.05) is 47.0 Å². The number of ether oxygens (including phenoxy) is 2. The molecule has 0 spiro atoms. The maximum absolute atomic E-state index is 12.7. The van der Waals surface area contributed by atoms with E-state index in [4.69, 9.17) is 37.1 Å². The molecule has 8 nitrogen and oxygen atoms in total. The molecule has 1 amide bonds. The lowest BCUT2D eigenvalue weighted by Gasteiger charge is -2.09. The minimum atomic E-state index is -0.598. The van der Waals surface area contributed by atoms with Crippen molar-refractivity contribution in [3.63, 3.8) is 0 Å². The molecule has 0 aliphatic heterocycles. The molecular weight excluding hydrogens is 495 g/mol. The summed E-state index contributed by atoms with van der Waals surface area (Å²) in [4.78, 5) is 23.5. The van der Waals surface area contributed by atoms with Gasteiger partial charge in [-0.25, -0.2) is 0 Å². The summed E-state index contributed by atoms with van der Waals surface area (Å²) in [5.74, 6) is 0.842. The number of rotatable bonds is 8. The number of carbonyl (C=O) groups is 1. The second-order valence-electron chi connectivity index (χ2n) is 7.45. The average molecular weight is 513 g/mol. The first-order valence-electron chi connectivity index (χ1n) is 10.3. The molecule has 1 heterocycles. The van der Waals surface area contributed by atoms with Crippen LogP contribution in [0.2, 0.25) is 10.0 Å². The smallest absolute Gasteiger partial charge is 0.291 e. The fourth-order valence-corrected chi connectivity index (χ4v) is 3.42. The predicted octanol–water partition coefficient (Wildman–Crippen LogP) is 7.43. The van der Waals surface area contributed by atoms with Crippen molar-refractivity contribution in [1.82, 2.24) is 0 Å². The zero-order valence-electron chi connectivity index (χ0n) is 18.3. The molecule has 10 heteroatoms. The largest absolute Gasteiger partial charge is 0.484 e. The number of hydrogen-bond donors (Lipinski definition) is 1. The number of amides is 1. The van der Waals surface area contributed by atoms with Gasteiger partial charge in [0.1, 0.15) is 34.6 Å². The molecule has 0 unspecified atom stereocenters. The van der Waals surface area contributed by atoms with E-state index in [2.05, 4.69) is 5.32 Å². The van der Waals surface area contributed by atoms with E-state index in [0.29, 0.717) is 22.3 Å². The molecule has 178 valence electrons. The van der Waals surface area contributed by atoms with Crippen molar-refractivity contribution in [3.05, 3.63) is 110 Å². The first-order valence-corrected chi connectivity index (χ1v) is 11.0. The van der Waals surface area contributed by atoms with E-state index in [0.717, 1.165) is 5.56 Å². The Morgan fingerprint density at radius 3 is 2.54 bits per heavy atom. The standard InChI is InChI=1S/C25H18Cl2N2O6/c1-15-5-7-18(8-6-15)34-20-12-16(11-17(13-20)29(31)32)28-25(30)23-10-9-19(35-23)14-33-22-4-2-3-21(26)24(22)27/h2-13H,14H2,1H3,(H,28,30). The Morgan fingerprint density at radius 2 is 1.80 bits per heavy atom. The van der Waals surface area contributed by atoms with Gasteiger partial charge < -0.3 is 19.2 Å². The molecule has 0 fully saturated rings. The summed E-state index contributed by atoms with van der Waals surface area (Å²) < 4.78 is 16.9. The molecule has 4 rings (SSSR count). The third-order valence-corrected chi connectivity index (χ3v) is 5.59. The number of halogens is 2. The van der Waals surface area contributed by atoms with Crippen LogP contribution in [0.25, 0.3) is 0 Å². The number of anilines is 1. The van der Waals surface area contributed by atoms with E-state index in [1.165, 1.54) is 24.3 Å². The Kier molecular flexibility index (Phi) is 7.24. The van der Waals surface area contributed by atoms with Gasteiger partial charge in [0.15, 0.2) is 5.76 Å². The highest BCUT2D eigenvalue weighted by atomic mass is 35.5. The summed E-state index contributed by atoms with van der Waals surface area (Å²) in [6.45, 7) is 1.95. The van der Waals surface area contributed by atoms with Crippen LogP contribution in [0, 0.1) is 17.0 Å². The van der Waals surface area contributed by atoms with E-state index in [1.807, 2.05) is 19.1 Å². The number of non-ortho nitro benzene ring substituents is 1. The third-order valence-electron chi connectivity index (χ3n) is 4.79. The van der Waals surface area contributed by atoms with E-state index < -0.39 is 10.8 Å². The minimum Gasteiger partial charge on any atom is -0.484 e. The second-order valence-corrected chi connectivity index (χ2v) is 8.23. The van der Waals surface area contributed by atoms with Crippen molar-refractivity contribution in [2.75, 3.05) is 5.32 Å². The number of carbonyl (C=O) groups excluding carboxylic acids is 1. The third kappa shape index (κ3) is 6.11. The molecule has 0 saturated carbocycles. The molecule has 0 aliphatic carbocycles. The highest BCUT2D eigenvalue weighted by Gasteiger charge is 2.17. The van der Waals surface area contributed by atoms with Gasteiger partial charge >= 0.3 is 0 Å². The maximum Gasteiger partial charge on any atom is 0.291 e. The Labute approximate surface area is 210 Å². The predicted molar refractivity (Wildman–Crippen MR) is 132 cm³/mol. The molecule has 0 aliphatic rings. The van der Waals surface area contributed by atoms with Gasteiger partial charge in [0, 0.05) is 12.1 Å². The SMILES string of the molecule is Cc1ccc(Oc2cc(NC(=O)c3ccc(COc4cccc(Cl)c4Cl)o3)cc([N+](=O)[O-])c2)cc1. The molecular formula is C25H18Cl2N2O6. The van der Waals surface area contributed by atoms with Crippen LogP contribution < -0.4 is 14.8 Å². The number of nitrogens with zero attached hydrogens (tertiary/aromatic N) is 1. The van der Waals surface area contributed by atoms with Gasteiger partial charge in [-0.05, 0) is 43.3 Å². The van der Waals surface area contributed by atoms with E-state index in [9.17, 15) is 14.9 Å². The Morgan fingerprint density at radius 1 is 1.03 bits per heavy atom. The van der Waals surface area contributed by atoms with Crippen molar-refractivity contribution in [2.24, 2.45) is 0 Å². The van der Waals surface area contributed by atoms with E-state index >= 15 is 0 Å². The zero-order chi connectivity index (χ0) is 24.9. The van der Waals surface area contributed by atoms with Gasteiger partial charge in [0.05, 0.1) is 21.7 Å². The van der Waals surface area contributed by atoms with Crippen LogP contribution >= 0.6 is 23.2 Å². The summed E-state index contributed by atoms with van der Waals surface area (Å²) >= 11 is 12.1. The van der Waals surface area contributed by atoms with Crippen molar-refractivity contribution in [2.45, 2.75) is 13.5 Å². The molecule has 0 bridgehead atoms. The molecule has 1 N–H and O–H groups in total. The van der Waals surface area contributed by atoms with Crippen LogP contribution in [0.5, 0.6) is 17.2 Å². The number of nitro groups is 1. The zero-order valence-corrected chi connectivity index (χ0v) is 19.8. The molecule has 3 aromatic carbocycles. The number of nitro benzene ring substituents is 1. The molecule has 0 radical (unpaired) electrons. The summed E-state index contributed by atoms with van der Waals surface area (Å²) in [6.07, 6.45) is 0. The first kappa shape index (κ1) is 24.1. The maximum atomic E-state index is 12.7. The normalized spacial score (nSPS) is 10.6. The molecule has 4 aromatic rings. The molecule has 1 aromatic heterocycles. The number of benzene rings is 3. The Hall–Kier alpha value is -4.01. The van der Waals surface area contributed by atoms with Crippen LogP contribution in [0.3, 0.4) is 0 Å². The first-order chi connectivity index (χ1) is 16.8. The number of furan rings is 1. The fraction of sp³-hybridized carbons (Fsp3) is 0.0800. The van der Waals surface area contributed by atoms with Crippen LogP contribution in [0.4, 0.5) is 11.4 Å². The Balaban J connectivity index is 1.46. The highest BCUT2D eigenvalue weighted by molar-refractivity contribution is 6.42.